The fraction of sp³-hybridized carbons (Fsp3) is 0.531. The Hall–Kier alpha value is -2.14. The lowest BCUT2D eigenvalue weighted by molar-refractivity contribution is -0.145. The fourth-order valence-electron chi connectivity index (χ4n) is 7.70. The molecule has 0 bridgehead atoms. The molecule has 2 aromatic carbocycles. The molecule has 4 aliphatic rings. The summed E-state index contributed by atoms with van der Waals surface area (Å²) in [6, 6.07) is 19.3. The minimum atomic E-state index is 0.00418. The van der Waals surface area contributed by atoms with Gasteiger partial charge in [0.05, 0.1) is 12.0 Å². The van der Waals surface area contributed by atoms with Crippen molar-refractivity contribution in [2.24, 2.45) is 17.3 Å². The van der Waals surface area contributed by atoms with Gasteiger partial charge in [-0.1, -0.05) is 72.1 Å². The predicted octanol–water partition coefficient (Wildman–Crippen LogP) is 6.51. The van der Waals surface area contributed by atoms with Crippen LogP contribution in [-0.2, 0) is 9.53 Å². The molecule has 2 aliphatic heterocycles. The number of fused-ring (bicyclic) bond motifs is 2. The quantitative estimate of drug-likeness (QED) is 0.334. The van der Waals surface area contributed by atoms with E-state index in [0.717, 1.165) is 50.6 Å². The van der Waals surface area contributed by atoms with Crippen molar-refractivity contribution in [2.45, 2.75) is 58.1 Å². The van der Waals surface area contributed by atoms with Crippen molar-refractivity contribution in [1.29, 1.82) is 0 Å². The van der Waals surface area contributed by atoms with Crippen molar-refractivity contribution in [1.82, 2.24) is 9.80 Å². The zero-order valence-electron chi connectivity index (χ0n) is 22.2. The Morgan fingerprint density at radius 1 is 1.03 bits per heavy atom. The molecule has 0 aromatic heterocycles. The molecule has 0 spiro atoms. The largest absolute Gasteiger partial charge is 0.462 e. The molecule has 1 saturated carbocycles. The van der Waals surface area contributed by atoms with E-state index in [1.807, 2.05) is 12.1 Å². The van der Waals surface area contributed by atoms with E-state index in [1.165, 1.54) is 30.4 Å². The van der Waals surface area contributed by atoms with E-state index >= 15 is 0 Å². The van der Waals surface area contributed by atoms with Crippen molar-refractivity contribution in [2.75, 3.05) is 32.7 Å². The Bertz CT molecular complexity index is 1160. The van der Waals surface area contributed by atoms with Gasteiger partial charge in [-0.2, -0.15) is 0 Å². The smallest absolute Gasteiger partial charge is 0.310 e. The highest BCUT2D eigenvalue weighted by Gasteiger charge is 2.53. The Balaban J connectivity index is 1.14. The average molecular weight is 519 g/mol. The van der Waals surface area contributed by atoms with E-state index in [-0.39, 0.29) is 29.4 Å². The van der Waals surface area contributed by atoms with Crippen LogP contribution >= 0.6 is 11.6 Å². The van der Waals surface area contributed by atoms with Gasteiger partial charge in [-0.25, -0.2) is 0 Å². The molecule has 6 rings (SSSR count). The Labute approximate surface area is 226 Å². The van der Waals surface area contributed by atoms with Gasteiger partial charge in [-0.05, 0) is 67.7 Å². The third-order valence-corrected chi connectivity index (χ3v) is 9.96. The van der Waals surface area contributed by atoms with Gasteiger partial charge in [-0.15, -0.1) is 0 Å². The zero-order valence-corrected chi connectivity index (χ0v) is 22.9. The summed E-state index contributed by atoms with van der Waals surface area (Å²) in [5.41, 5.74) is 6.03. The molecule has 5 heteroatoms. The lowest BCUT2D eigenvalue weighted by atomic mass is 9.59. The number of benzene rings is 2. The van der Waals surface area contributed by atoms with Gasteiger partial charge in [0.2, 0.25) is 0 Å². The summed E-state index contributed by atoms with van der Waals surface area (Å²) in [6.07, 6.45) is 5.90. The normalized spacial score (nSPS) is 31.5. The van der Waals surface area contributed by atoms with Crippen LogP contribution in [0.5, 0.6) is 0 Å². The summed E-state index contributed by atoms with van der Waals surface area (Å²) < 4.78 is 6.04. The van der Waals surface area contributed by atoms with Crippen LogP contribution in [0.2, 0.25) is 5.02 Å². The van der Waals surface area contributed by atoms with Crippen molar-refractivity contribution in [3.8, 4) is 0 Å². The van der Waals surface area contributed by atoms with Crippen LogP contribution in [-0.4, -0.2) is 54.6 Å². The topological polar surface area (TPSA) is 32.8 Å². The molecule has 37 heavy (non-hydrogen) atoms. The van der Waals surface area contributed by atoms with Crippen LogP contribution in [0.3, 0.4) is 0 Å². The van der Waals surface area contributed by atoms with Gasteiger partial charge in [-0.3, -0.25) is 14.6 Å². The van der Waals surface area contributed by atoms with Crippen molar-refractivity contribution >= 4 is 17.6 Å². The maximum Gasteiger partial charge on any atom is 0.310 e. The summed E-state index contributed by atoms with van der Waals surface area (Å²) in [4.78, 5) is 18.2. The molecule has 0 amide bonds. The first-order chi connectivity index (χ1) is 17.9. The van der Waals surface area contributed by atoms with Crippen LogP contribution < -0.4 is 0 Å². The molecule has 2 aliphatic carbocycles. The number of halogens is 1. The molecule has 0 N–H and O–H groups in total. The van der Waals surface area contributed by atoms with Gasteiger partial charge in [0.1, 0.15) is 6.10 Å². The first-order valence-electron chi connectivity index (χ1n) is 14.1. The molecule has 196 valence electrons. The van der Waals surface area contributed by atoms with Crippen molar-refractivity contribution in [3.63, 3.8) is 0 Å². The van der Waals surface area contributed by atoms with Crippen LogP contribution in [0.4, 0.5) is 0 Å². The minimum Gasteiger partial charge on any atom is -0.462 e. The summed E-state index contributed by atoms with van der Waals surface area (Å²) in [7, 11) is 0. The molecule has 0 unspecified atom stereocenters. The maximum atomic E-state index is 13.1. The second-order valence-electron chi connectivity index (χ2n) is 12.0. The average Bonchev–Trinajstić information content (AvgIpc) is 3.19. The number of hydrogen-bond acceptors (Lipinski definition) is 4. The third-order valence-electron chi connectivity index (χ3n) is 9.71. The number of esters is 1. The first-order valence-corrected chi connectivity index (χ1v) is 14.5. The first kappa shape index (κ1) is 25.2. The molecule has 0 radical (unpaired) electrons. The molecule has 2 aromatic rings. The van der Waals surface area contributed by atoms with Gasteiger partial charge < -0.3 is 4.74 Å². The van der Waals surface area contributed by atoms with E-state index in [1.54, 1.807) is 11.1 Å². The van der Waals surface area contributed by atoms with Crippen LogP contribution in [0, 0.1) is 17.3 Å². The van der Waals surface area contributed by atoms with Gasteiger partial charge in [0, 0.05) is 43.7 Å². The van der Waals surface area contributed by atoms with Crippen molar-refractivity contribution < 1.29 is 9.53 Å². The van der Waals surface area contributed by atoms with E-state index in [2.05, 4.69) is 66.1 Å². The summed E-state index contributed by atoms with van der Waals surface area (Å²) in [5, 5.41) is 0.768. The highest BCUT2D eigenvalue weighted by Crippen LogP contribution is 2.55. The molecule has 4 nitrogen and oxygen atoms in total. The second-order valence-corrected chi connectivity index (χ2v) is 12.5. The number of nitrogens with zero attached hydrogens (tertiary/aromatic N) is 2. The summed E-state index contributed by atoms with van der Waals surface area (Å²) in [6.45, 7) is 9.44. The lowest BCUT2D eigenvalue weighted by Gasteiger charge is -2.46. The van der Waals surface area contributed by atoms with E-state index in [0.29, 0.717) is 5.92 Å². The molecular formula is C32H39ClN2O2. The number of hydrogen-bond donors (Lipinski definition) is 0. The Morgan fingerprint density at radius 2 is 1.73 bits per heavy atom. The van der Waals surface area contributed by atoms with Crippen LogP contribution in [0.25, 0.3) is 0 Å². The van der Waals surface area contributed by atoms with Gasteiger partial charge >= 0.3 is 5.97 Å². The number of carbonyl (C=O) groups is 1. The van der Waals surface area contributed by atoms with E-state index in [9.17, 15) is 4.79 Å². The lowest BCUT2D eigenvalue weighted by Crippen LogP contribution is -2.50. The highest BCUT2D eigenvalue weighted by atomic mass is 35.5. The summed E-state index contributed by atoms with van der Waals surface area (Å²) >= 11 is 6.20. The summed E-state index contributed by atoms with van der Waals surface area (Å²) in [5.74, 6) is 0.388. The number of allylic oxidation sites excluding steroid dienone is 2. The number of piperazine rings is 1. The van der Waals surface area contributed by atoms with Crippen LogP contribution in [0.1, 0.15) is 63.1 Å². The van der Waals surface area contributed by atoms with Crippen LogP contribution in [0.15, 0.2) is 65.7 Å². The highest BCUT2D eigenvalue weighted by molar-refractivity contribution is 6.30. The Kier molecular flexibility index (Phi) is 6.94. The molecule has 5 atom stereocenters. The van der Waals surface area contributed by atoms with Gasteiger partial charge in [0.25, 0.3) is 0 Å². The number of rotatable bonds is 5. The standard InChI is InChI=1S/C32H39ClN2O2/c1-22-7-6-14-32(2)20-29-26(19-28(22)32)27(31(36)37-29)21-34-15-17-35(18-16-34)30(23-8-4-3-5-9-23)24-10-12-25(33)13-11-24/h3-5,8-13,26-27,29-30H,6-7,14-21H2,1-2H3/t26-,27-,29-,30+,32-/m1/s1. The Morgan fingerprint density at radius 3 is 2.46 bits per heavy atom. The number of carbonyl (C=O) groups excluding carboxylic acids is 1. The molecule has 3 fully saturated rings. The fourth-order valence-corrected chi connectivity index (χ4v) is 7.82. The maximum absolute atomic E-state index is 13.1. The van der Waals surface area contributed by atoms with Crippen molar-refractivity contribution in [3.05, 3.63) is 81.9 Å². The van der Waals surface area contributed by atoms with E-state index < -0.39 is 0 Å². The molecule has 2 saturated heterocycles. The zero-order chi connectivity index (χ0) is 25.6. The predicted molar refractivity (Wildman–Crippen MR) is 149 cm³/mol. The monoisotopic (exact) mass is 518 g/mol. The second kappa shape index (κ2) is 10.2. The molecule has 2 heterocycles. The van der Waals surface area contributed by atoms with E-state index in [4.69, 9.17) is 16.3 Å². The third kappa shape index (κ3) is 4.89. The SMILES string of the molecule is CC1=C2C[C@H]3[C@@H](C[C@@]2(C)CCC1)OC(=O)[C@@H]3CN1CCN([C@@H](c2ccccc2)c2ccc(Cl)cc2)CC1. The number of ether oxygens (including phenoxy) is 1. The van der Waals surface area contributed by atoms with Gasteiger partial charge in [0.15, 0.2) is 0 Å². The molecular weight excluding hydrogens is 480 g/mol. The minimum absolute atomic E-state index is 0.00418.